The molecule has 4 N–H and O–H groups in total. The second-order valence-electron chi connectivity index (χ2n) is 5.42. The summed E-state index contributed by atoms with van der Waals surface area (Å²) >= 11 is 0. The molecule has 22 heavy (non-hydrogen) atoms. The number of aromatic nitrogens is 4. The molecule has 2 aromatic rings. The number of nitrogens with two attached hydrogens (primary N) is 1. The standard InChI is InChI=1S/C13H18N6O3/c1-18(2)4-8(21)9-3-7(20)13(22-9)19-6-17-10-11(14)15-5-16-12(10)19/h4-7,9,13,20-21H,3H2,1-2H3,(H2,14,15,16)/t7-,9+,13-/m1/s1. The van der Waals surface area contributed by atoms with Gasteiger partial charge in [0.2, 0.25) is 0 Å². The summed E-state index contributed by atoms with van der Waals surface area (Å²) in [5, 5.41) is 20.3. The lowest BCUT2D eigenvalue weighted by Crippen LogP contribution is -2.19. The van der Waals surface area contributed by atoms with Crippen LogP contribution >= 0.6 is 0 Å². The number of ether oxygens (including phenoxy) is 1. The molecule has 9 nitrogen and oxygen atoms in total. The fraction of sp³-hybridized carbons (Fsp3) is 0.462. The summed E-state index contributed by atoms with van der Waals surface area (Å²) in [7, 11) is 3.59. The summed E-state index contributed by atoms with van der Waals surface area (Å²) in [5.41, 5.74) is 6.68. The number of fused-ring (bicyclic) bond motifs is 1. The summed E-state index contributed by atoms with van der Waals surface area (Å²) < 4.78 is 7.35. The van der Waals surface area contributed by atoms with Gasteiger partial charge in [0.05, 0.1) is 6.33 Å². The average Bonchev–Trinajstić information content (AvgIpc) is 3.02. The van der Waals surface area contributed by atoms with E-state index in [1.54, 1.807) is 29.8 Å². The fourth-order valence-corrected chi connectivity index (χ4v) is 2.50. The SMILES string of the molecule is CN(C)C=C(O)[C@@H]1C[C@@H](O)[C@H](n2cnc3c(N)ncnc32)O1. The van der Waals surface area contributed by atoms with Gasteiger partial charge in [-0.1, -0.05) is 0 Å². The highest BCUT2D eigenvalue weighted by atomic mass is 16.5. The van der Waals surface area contributed by atoms with Crippen molar-refractivity contribution in [1.82, 2.24) is 24.4 Å². The van der Waals surface area contributed by atoms with Crippen LogP contribution in [0.4, 0.5) is 5.82 Å². The molecule has 9 heteroatoms. The van der Waals surface area contributed by atoms with Crippen molar-refractivity contribution >= 4 is 17.0 Å². The Hall–Kier alpha value is -2.39. The lowest BCUT2D eigenvalue weighted by molar-refractivity contribution is -0.0346. The zero-order valence-electron chi connectivity index (χ0n) is 12.3. The Labute approximate surface area is 126 Å². The second-order valence-corrected chi connectivity index (χ2v) is 5.42. The molecule has 0 unspecified atom stereocenters. The molecular weight excluding hydrogens is 288 g/mol. The van der Waals surface area contributed by atoms with Gasteiger partial charge in [-0.3, -0.25) is 4.57 Å². The van der Waals surface area contributed by atoms with E-state index in [0.717, 1.165) is 0 Å². The number of aliphatic hydroxyl groups excluding tert-OH is 2. The number of anilines is 1. The van der Waals surface area contributed by atoms with E-state index >= 15 is 0 Å². The number of rotatable bonds is 3. The zero-order chi connectivity index (χ0) is 15.9. The van der Waals surface area contributed by atoms with Crippen molar-refractivity contribution in [2.45, 2.75) is 24.9 Å². The first-order chi connectivity index (χ1) is 10.5. The van der Waals surface area contributed by atoms with Crippen molar-refractivity contribution in [2.75, 3.05) is 19.8 Å². The monoisotopic (exact) mass is 306 g/mol. The van der Waals surface area contributed by atoms with Crippen molar-refractivity contribution in [3.8, 4) is 0 Å². The minimum Gasteiger partial charge on any atom is -0.508 e. The second kappa shape index (κ2) is 5.43. The molecule has 1 saturated heterocycles. The highest BCUT2D eigenvalue weighted by Gasteiger charge is 2.38. The number of aliphatic hydroxyl groups is 2. The molecule has 1 aliphatic rings. The van der Waals surface area contributed by atoms with E-state index in [1.807, 2.05) is 0 Å². The van der Waals surface area contributed by atoms with Crippen LogP contribution in [0, 0.1) is 0 Å². The molecule has 0 saturated carbocycles. The lowest BCUT2D eigenvalue weighted by Gasteiger charge is -2.17. The van der Waals surface area contributed by atoms with Gasteiger partial charge in [-0.2, -0.15) is 0 Å². The molecule has 3 heterocycles. The average molecular weight is 306 g/mol. The molecule has 118 valence electrons. The maximum Gasteiger partial charge on any atom is 0.167 e. The normalized spacial score (nSPS) is 25.8. The van der Waals surface area contributed by atoms with E-state index in [0.29, 0.717) is 11.2 Å². The molecule has 0 aliphatic carbocycles. The predicted octanol–water partition coefficient (Wildman–Crippen LogP) is 0.0179. The molecule has 0 spiro atoms. The Morgan fingerprint density at radius 3 is 2.95 bits per heavy atom. The van der Waals surface area contributed by atoms with E-state index in [1.165, 1.54) is 12.7 Å². The largest absolute Gasteiger partial charge is 0.508 e. The summed E-state index contributed by atoms with van der Waals surface area (Å²) in [6, 6.07) is 0. The van der Waals surface area contributed by atoms with Gasteiger partial charge in [0.25, 0.3) is 0 Å². The van der Waals surface area contributed by atoms with Crippen LogP contribution in [0.25, 0.3) is 11.2 Å². The number of hydrogen-bond acceptors (Lipinski definition) is 8. The Kier molecular flexibility index (Phi) is 3.59. The van der Waals surface area contributed by atoms with E-state index in [4.69, 9.17) is 10.5 Å². The third-order valence-corrected chi connectivity index (χ3v) is 3.47. The minimum atomic E-state index is -0.795. The molecule has 2 aromatic heterocycles. The molecule has 1 aliphatic heterocycles. The topological polar surface area (TPSA) is 123 Å². The molecule has 3 rings (SSSR count). The van der Waals surface area contributed by atoms with Gasteiger partial charge in [0, 0.05) is 26.7 Å². The van der Waals surface area contributed by atoms with Gasteiger partial charge in [-0.25, -0.2) is 15.0 Å². The van der Waals surface area contributed by atoms with Gasteiger partial charge >= 0.3 is 0 Å². The maximum absolute atomic E-state index is 10.2. The van der Waals surface area contributed by atoms with Gasteiger partial charge in [-0.05, 0) is 0 Å². The summed E-state index contributed by atoms with van der Waals surface area (Å²) in [5.74, 6) is 0.327. The first-order valence-electron chi connectivity index (χ1n) is 6.81. The molecule has 0 radical (unpaired) electrons. The summed E-state index contributed by atoms with van der Waals surface area (Å²) in [6.07, 6.45) is 2.58. The van der Waals surface area contributed by atoms with Crippen LogP contribution in [0.5, 0.6) is 0 Å². The van der Waals surface area contributed by atoms with Crippen LogP contribution in [0.2, 0.25) is 0 Å². The molecule has 3 atom stereocenters. The highest BCUT2D eigenvalue weighted by Crippen LogP contribution is 2.33. The van der Waals surface area contributed by atoms with E-state index in [2.05, 4.69) is 15.0 Å². The molecule has 0 bridgehead atoms. The van der Waals surface area contributed by atoms with Crippen molar-refractivity contribution in [3.63, 3.8) is 0 Å². The van der Waals surface area contributed by atoms with Crippen LogP contribution in [0.15, 0.2) is 24.6 Å². The van der Waals surface area contributed by atoms with Crippen LogP contribution in [0.1, 0.15) is 12.6 Å². The summed E-state index contributed by atoms with van der Waals surface area (Å²) in [6.45, 7) is 0. The quantitative estimate of drug-likeness (QED) is 0.678. The first kappa shape index (κ1) is 14.5. The van der Waals surface area contributed by atoms with Gasteiger partial charge in [0.1, 0.15) is 29.8 Å². The molecule has 0 aromatic carbocycles. The Morgan fingerprint density at radius 2 is 2.23 bits per heavy atom. The number of imidazole rings is 1. The third kappa shape index (κ3) is 2.44. The molecule has 0 amide bonds. The van der Waals surface area contributed by atoms with Crippen molar-refractivity contribution < 1.29 is 14.9 Å². The number of nitrogen functional groups attached to an aromatic ring is 1. The first-order valence-corrected chi connectivity index (χ1v) is 6.81. The van der Waals surface area contributed by atoms with Gasteiger partial charge in [0.15, 0.2) is 17.7 Å². The molecule has 1 fully saturated rings. The van der Waals surface area contributed by atoms with Crippen molar-refractivity contribution in [3.05, 3.63) is 24.6 Å². The third-order valence-electron chi connectivity index (χ3n) is 3.47. The maximum atomic E-state index is 10.2. The van der Waals surface area contributed by atoms with Crippen LogP contribution in [-0.2, 0) is 4.74 Å². The van der Waals surface area contributed by atoms with Crippen LogP contribution in [-0.4, -0.2) is 60.9 Å². The van der Waals surface area contributed by atoms with E-state index in [9.17, 15) is 10.2 Å². The number of nitrogens with zero attached hydrogens (tertiary/aromatic N) is 5. The predicted molar refractivity (Wildman–Crippen MR) is 78.7 cm³/mol. The molecular formula is C13H18N6O3. The Bertz CT molecular complexity index is 713. The van der Waals surface area contributed by atoms with Gasteiger partial charge < -0.3 is 25.6 Å². The number of hydrogen-bond donors (Lipinski definition) is 3. The Balaban J connectivity index is 1.90. The van der Waals surface area contributed by atoms with E-state index in [-0.39, 0.29) is 18.0 Å². The summed E-state index contributed by atoms with van der Waals surface area (Å²) in [4.78, 5) is 13.9. The zero-order valence-corrected chi connectivity index (χ0v) is 12.3. The van der Waals surface area contributed by atoms with E-state index < -0.39 is 18.4 Å². The lowest BCUT2D eigenvalue weighted by atomic mass is 10.1. The Morgan fingerprint density at radius 1 is 1.45 bits per heavy atom. The van der Waals surface area contributed by atoms with Crippen LogP contribution < -0.4 is 5.73 Å². The fourth-order valence-electron chi connectivity index (χ4n) is 2.50. The van der Waals surface area contributed by atoms with Gasteiger partial charge in [-0.15, -0.1) is 0 Å². The van der Waals surface area contributed by atoms with Crippen molar-refractivity contribution in [2.24, 2.45) is 0 Å². The minimum absolute atomic E-state index is 0.0603. The van der Waals surface area contributed by atoms with Crippen LogP contribution in [0.3, 0.4) is 0 Å². The smallest absolute Gasteiger partial charge is 0.167 e. The highest BCUT2D eigenvalue weighted by molar-refractivity contribution is 5.81. The van der Waals surface area contributed by atoms with Crippen molar-refractivity contribution in [1.29, 1.82) is 0 Å².